The summed E-state index contributed by atoms with van der Waals surface area (Å²) >= 11 is 0. The number of halogens is 1. The first-order valence-electron chi connectivity index (χ1n) is 10.1. The van der Waals surface area contributed by atoms with E-state index >= 15 is 0 Å². The van der Waals surface area contributed by atoms with Crippen LogP contribution in [0, 0.1) is 29.1 Å². The number of aryl methyl sites for hydroxylation is 1. The van der Waals surface area contributed by atoms with Crippen LogP contribution in [0.4, 0.5) is 4.39 Å². The van der Waals surface area contributed by atoms with Gasteiger partial charge in [0.05, 0.1) is 0 Å². The first-order chi connectivity index (χ1) is 12.2. The van der Waals surface area contributed by atoms with Crippen LogP contribution in [0.1, 0.15) is 75.3 Å². The third-order valence-electron chi connectivity index (χ3n) is 6.60. The van der Waals surface area contributed by atoms with E-state index in [2.05, 4.69) is 31.2 Å². The summed E-state index contributed by atoms with van der Waals surface area (Å²) in [5, 5.41) is 8.58. The number of allylic oxidation sites excluding steroid dienone is 2. The molecule has 0 N–H and O–H groups in total. The molecule has 0 saturated heterocycles. The molecule has 0 aromatic heterocycles. The standard InChI is InChI=1S/C23H30FN/c1-2-17-3-7-19(8-4-17)21-11-13-22(14-12-21)20-9-5-18(6-10-20)15-23(24)16-25/h3-4,7-8,15,18,20-22H,2,5-6,9-14H2,1H3/b23-15+. The van der Waals surface area contributed by atoms with Crippen LogP contribution in [0.2, 0.25) is 0 Å². The second-order valence-corrected chi connectivity index (χ2v) is 8.01. The number of rotatable bonds is 4. The molecule has 0 unspecified atom stereocenters. The Morgan fingerprint density at radius 1 is 1.00 bits per heavy atom. The lowest BCUT2D eigenvalue weighted by molar-refractivity contribution is 0.171. The van der Waals surface area contributed by atoms with Crippen molar-refractivity contribution in [3.05, 3.63) is 47.3 Å². The highest BCUT2D eigenvalue weighted by atomic mass is 19.1. The van der Waals surface area contributed by atoms with Gasteiger partial charge in [0.25, 0.3) is 0 Å². The molecule has 0 heterocycles. The van der Waals surface area contributed by atoms with E-state index in [0.29, 0.717) is 0 Å². The molecule has 3 rings (SSSR count). The van der Waals surface area contributed by atoms with Gasteiger partial charge in [-0.05, 0) is 98.7 Å². The summed E-state index contributed by atoms with van der Waals surface area (Å²) in [5.41, 5.74) is 2.95. The van der Waals surface area contributed by atoms with Gasteiger partial charge in [-0.15, -0.1) is 0 Å². The van der Waals surface area contributed by atoms with E-state index in [-0.39, 0.29) is 5.92 Å². The van der Waals surface area contributed by atoms with Gasteiger partial charge in [0, 0.05) is 0 Å². The summed E-state index contributed by atoms with van der Waals surface area (Å²) in [6.07, 6.45) is 12.5. The van der Waals surface area contributed by atoms with E-state index in [1.54, 1.807) is 12.1 Å². The minimum Gasteiger partial charge on any atom is -0.195 e. The van der Waals surface area contributed by atoms with Crippen molar-refractivity contribution in [1.82, 2.24) is 0 Å². The molecule has 134 valence electrons. The Balaban J connectivity index is 1.47. The van der Waals surface area contributed by atoms with Gasteiger partial charge in [-0.25, -0.2) is 0 Å². The van der Waals surface area contributed by atoms with Crippen LogP contribution in [0.15, 0.2) is 36.2 Å². The molecule has 2 heteroatoms. The zero-order valence-corrected chi connectivity index (χ0v) is 15.4. The fraction of sp³-hybridized carbons (Fsp3) is 0.609. The molecule has 1 aromatic carbocycles. The van der Waals surface area contributed by atoms with Crippen molar-refractivity contribution in [3.63, 3.8) is 0 Å². The van der Waals surface area contributed by atoms with Crippen LogP contribution in [0.5, 0.6) is 0 Å². The van der Waals surface area contributed by atoms with Gasteiger partial charge in [0.1, 0.15) is 6.07 Å². The quantitative estimate of drug-likeness (QED) is 0.559. The molecule has 2 fully saturated rings. The summed E-state index contributed by atoms with van der Waals surface area (Å²) in [5.74, 6) is 2.10. The van der Waals surface area contributed by atoms with Crippen molar-refractivity contribution in [3.8, 4) is 6.07 Å². The smallest absolute Gasteiger partial charge is 0.195 e. The van der Waals surface area contributed by atoms with E-state index in [9.17, 15) is 4.39 Å². The Bertz CT molecular complexity index is 608. The predicted octanol–water partition coefficient (Wildman–Crippen LogP) is 6.71. The Morgan fingerprint density at radius 2 is 1.56 bits per heavy atom. The van der Waals surface area contributed by atoms with Crippen molar-refractivity contribution < 1.29 is 4.39 Å². The second-order valence-electron chi connectivity index (χ2n) is 8.01. The van der Waals surface area contributed by atoms with Crippen LogP contribution in [-0.2, 0) is 6.42 Å². The van der Waals surface area contributed by atoms with E-state index in [1.807, 2.05) is 0 Å². The van der Waals surface area contributed by atoms with Crippen molar-refractivity contribution in [2.24, 2.45) is 17.8 Å². The molecule has 1 nitrogen and oxygen atoms in total. The molecule has 0 aliphatic heterocycles. The van der Waals surface area contributed by atoms with Crippen molar-refractivity contribution >= 4 is 0 Å². The summed E-state index contributed by atoms with van der Waals surface area (Å²) in [4.78, 5) is 0. The Morgan fingerprint density at radius 3 is 2.08 bits per heavy atom. The van der Waals surface area contributed by atoms with E-state index in [1.165, 1.54) is 49.7 Å². The Kier molecular flexibility index (Phi) is 6.29. The maximum Gasteiger partial charge on any atom is 0.196 e. The molecular weight excluding hydrogens is 309 g/mol. The number of nitrogens with zero attached hydrogens (tertiary/aromatic N) is 1. The molecule has 1 aromatic rings. The fourth-order valence-corrected chi connectivity index (χ4v) is 4.98. The zero-order chi connectivity index (χ0) is 17.6. The van der Waals surface area contributed by atoms with Gasteiger partial charge in [-0.2, -0.15) is 9.65 Å². The minimum absolute atomic E-state index is 0.282. The lowest BCUT2D eigenvalue weighted by atomic mass is 9.68. The van der Waals surface area contributed by atoms with Crippen LogP contribution in [0.3, 0.4) is 0 Å². The minimum atomic E-state index is -0.599. The Labute approximate surface area is 151 Å². The van der Waals surface area contributed by atoms with Gasteiger partial charge >= 0.3 is 0 Å². The monoisotopic (exact) mass is 339 g/mol. The number of nitriles is 1. The first kappa shape index (κ1) is 18.2. The Hall–Kier alpha value is -1.62. The van der Waals surface area contributed by atoms with Gasteiger partial charge in [0.15, 0.2) is 5.83 Å². The van der Waals surface area contributed by atoms with Gasteiger partial charge in [-0.1, -0.05) is 31.2 Å². The van der Waals surface area contributed by atoms with E-state index < -0.39 is 5.83 Å². The molecule has 0 spiro atoms. The SMILES string of the molecule is CCc1ccc(C2CCC(C3CCC(/C=C(/F)C#N)CC3)CC2)cc1. The number of hydrogen-bond acceptors (Lipinski definition) is 1. The summed E-state index contributed by atoms with van der Waals surface area (Å²) < 4.78 is 13.1. The topological polar surface area (TPSA) is 23.8 Å². The first-order valence-corrected chi connectivity index (χ1v) is 10.1. The summed E-state index contributed by atoms with van der Waals surface area (Å²) in [7, 11) is 0. The average Bonchev–Trinajstić information content (AvgIpc) is 2.69. The molecule has 0 radical (unpaired) electrons. The second kappa shape index (κ2) is 8.65. The van der Waals surface area contributed by atoms with Crippen LogP contribution >= 0.6 is 0 Å². The highest BCUT2D eigenvalue weighted by Crippen LogP contribution is 2.44. The van der Waals surface area contributed by atoms with Crippen molar-refractivity contribution in [1.29, 1.82) is 5.26 Å². The maximum atomic E-state index is 13.1. The molecule has 2 aliphatic rings. The zero-order valence-electron chi connectivity index (χ0n) is 15.4. The predicted molar refractivity (Wildman–Crippen MR) is 101 cm³/mol. The van der Waals surface area contributed by atoms with Gasteiger partial charge in [-0.3, -0.25) is 0 Å². The maximum absolute atomic E-state index is 13.1. The number of hydrogen-bond donors (Lipinski definition) is 0. The number of benzene rings is 1. The summed E-state index contributed by atoms with van der Waals surface area (Å²) in [6, 6.07) is 10.9. The van der Waals surface area contributed by atoms with E-state index in [4.69, 9.17) is 5.26 Å². The lowest BCUT2D eigenvalue weighted by Gasteiger charge is -2.37. The highest BCUT2D eigenvalue weighted by Gasteiger charge is 2.31. The lowest BCUT2D eigenvalue weighted by Crippen LogP contribution is -2.25. The van der Waals surface area contributed by atoms with Crippen LogP contribution in [-0.4, -0.2) is 0 Å². The molecule has 0 bridgehead atoms. The van der Waals surface area contributed by atoms with E-state index in [0.717, 1.165) is 37.0 Å². The van der Waals surface area contributed by atoms with Crippen molar-refractivity contribution in [2.45, 2.75) is 70.6 Å². The molecule has 25 heavy (non-hydrogen) atoms. The molecule has 0 atom stereocenters. The molecule has 2 saturated carbocycles. The largest absolute Gasteiger partial charge is 0.196 e. The highest BCUT2D eigenvalue weighted by molar-refractivity contribution is 5.25. The molecule has 2 aliphatic carbocycles. The molecular formula is C23H30FN. The normalized spacial score (nSPS) is 30.7. The van der Waals surface area contributed by atoms with Crippen LogP contribution in [0.25, 0.3) is 0 Å². The molecule has 0 amide bonds. The van der Waals surface area contributed by atoms with Gasteiger partial charge in [0.2, 0.25) is 0 Å². The summed E-state index contributed by atoms with van der Waals surface area (Å²) in [6.45, 7) is 2.21. The third-order valence-corrected chi connectivity index (χ3v) is 6.60. The fourth-order valence-electron chi connectivity index (χ4n) is 4.98. The van der Waals surface area contributed by atoms with Crippen LogP contribution < -0.4 is 0 Å². The average molecular weight is 339 g/mol. The van der Waals surface area contributed by atoms with Gasteiger partial charge < -0.3 is 0 Å². The third kappa shape index (κ3) is 4.72. The van der Waals surface area contributed by atoms with Crippen molar-refractivity contribution in [2.75, 3.05) is 0 Å².